The van der Waals surface area contributed by atoms with E-state index in [0.717, 1.165) is 0 Å². The Bertz CT molecular complexity index is 225. The van der Waals surface area contributed by atoms with Crippen LogP contribution >= 0.6 is 0 Å². The van der Waals surface area contributed by atoms with Gasteiger partial charge in [0.2, 0.25) is 0 Å². The molecule has 0 aromatic rings. The van der Waals surface area contributed by atoms with E-state index in [2.05, 4.69) is 0 Å². The summed E-state index contributed by atoms with van der Waals surface area (Å²) in [5.74, 6) is 0. The molecule has 0 aromatic heterocycles. The van der Waals surface area contributed by atoms with Crippen LogP contribution in [0.2, 0.25) is 0 Å². The first-order chi connectivity index (χ1) is 7.13. The second-order valence-electron chi connectivity index (χ2n) is 3.85. The van der Waals surface area contributed by atoms with Crippen molar-refractivity contribution in [3.8, 4) is 0 Å². The molecule has 2 saturated heterocycles. The van der Waals surface area contributed by atoms with Gasteiger partial charge in [-0.1, -0.05) is 0 Å². The average Bonchev–Trinajstić information content (AvgIpc) is 2.24. The van der Waals surface area contributed by atoms with Gasteiger partial charge in [-0.3, -0.25) is 0 Å². The number of hydrogen-bond acceptors (Lipinski definition) is 6. The van der Waals surface area contributed by atoms with Crippen molar-refractivity contribution in [2.24, 2.45) is 5.73 Å². The van der Waals surface area contributed by atoms with E-state index >= 15 is 0 Å². The van der Waals surface area contributed by atoms with Crippen molar-refractivity contribution in [2.45, 2.75) is 43.9 Å². The van der Waals surface area contributed by atoms with Crippen LogP contribution in [-0.2, 0) is 18.9 Å². The normalized spacial score (nSPS) is 51.2. The highest BCUT2D eigenvalue weighted by Crippen LogP contribution is 2.27. The Labute approximate surface area is 88.2 Å². The molecule has 2 aliphatic rings. The third-order valence-electron chi connectivity index (χ3n) is 2.80. The number of fused-ring (bicyclic) bond motifs is 1. The van der Waals surface area contributed by atoms with E-state index < -0.39 is 24.5 Å². The molecule has 2 heterocycles. The average molecular weight is 219 g/mol. The third-order valence-corrected chi connectivity index (χ3v) is 2.80. The molecule has 2 fully saturated rings. The van der Waals surface area contributed by atoms with Gasteiger partial charge in [-0.25, -0.2) is 0 Å². The highest BCUT2D eigenvalue weighted by atomic mass is 16.7. The predicted octanol–water partition coefficient (Wildman–Crippen LogP) is -1.19. The van der Waals surface area contributed by atoms with Crippen LogP contribution in [0.15, 0.2) is 0 Å². The van der Waals surface area contributed by atoms with E-state index in [4.69, 9.17) is 24.7 Å². The Morgan fingerprint density at radius 3 is 2.80 bits per heavy atom. The Hall–Kier alpha value is -0.240. The lowest BCUT2D eigenvalue weighted by molar-refractivity contribution is -0.332. The smallest absolute Gasteiger partial charge is 0.175 e. The molecule has 0 radical (unpaired) electrons. The second-order valence-corrected chi connectivity index (χ2v) is 3.85. The maximum absolute atomic E-state index is 9.93. The number of methoxy groups -OCH3 is 1. The van der Waals surface area contributed by atoms with Crippen LogP contribution in [0.25, 0.3) is 0 Å². The fourth-order valence-electron chi connectivity index (χ4n) is 1.95. The topological polar surface area (TPSA) is 83.2 Å². The molecule has 6 atom stereocenters. The number of nitrogens with two attached hydrogens (primary N) is 1. The monoisotopic (exact) mass is 219 g/mol. The summed E-state index contributed by atoms with van der Waals surface area (Å²) < 4.78 is 21.2. The van der Waals surface area contributed by atoms with E-state index in [1.165, 1.54) is 7.11 Å². The van der Waals surface area contributed by atoms with Gasteiger partial charge < -0.3 is 29.8 Å². The number of aliphatic hydroxyl groups is 1. The van der Waals surface area contributed by atoms with Gasteiger partial charge in [0.15, 0.2) is 12.6 Å². The summed E-state index contributed by atoms with van der Waals surface area (Å²) in [6.45, 7) is 2.16. The molecular weight excluding hydrogens is 202 g/mol. The standard InChI is InChI=1S/C9H17NO5/c1-4-13-3-5-8(14-4)7(11)6(10)9(12-2)15-5/h4-9,11H,3,10H2,1-2H3/t4?,5?,6?,7?,8-,9+/m1/s1. The molecular formula is C9H17NO5. The SMILES string of the molecule is CO[C@H]1OC2COC(C)O[C@H]2C(O)C1N. The van der Waals surface area contributed by atoms with E-state index in [1.54, 1.807) is 6.92 Å². The van der Waals surface area contributed by atoms with Gasteiger partial charge in [-0.15, -0.1) is 0 Å². The van der Waals surface area contributed by atoms with Crippen molar-refractivity contribution >= 4 is 0 Å². The maximum atomic E-state index is 9.93. The van der Waals surface area contributed by atoms with E-state index in [0.29, 0.717) is 6.61 Å². The minimum atomic E-state index is -0.792. The quantitative estimate of drug-likeness (QED) is 0.577. The third kappa shape index (κ3) is 2.01. The number of ether oxygens (including phenoxy) is 4. The van der Waals surface area contributed by atoms with Crippen molar-refractivity contribution in [1.29, 1.82) is 0 Å². The largest absolute Gasteiger partial charge is 0.388 e. The predicted molar refractivity (Wildman–Crippen MR) is 49.9 cm³/mol. The van der Waals surface area contributed by atoms with Gasteiger partial charge in [-0.05, 0) is 6.92 Å². The minimum Gasteiger partial charge on any atom is -0.388 e. The zero-order chi connectivity index (χ0) is 11.0. The molecule has 0 aromatic carbocycles. The first kappa shape index (κ1) is 11.3. The fraction of sp³-hybridized carbons (Fsp3) is 1.00. The first-order valence-corrected chi connectivity index (χ1v) is 5.02. The zero-order valence-electron chi connectivity index (χ0n) is 8.83. The molecule has 4 unspecified atom stereocenters. The molecule has 0 aliphatic carbocycles. The molecule has 2 rings (SSSR count). The first-order valence-electron chi connectivity index (χ1n) is 5.02. The molecule has 15 heavy (non-hydrogen) atoms. The van der Waals surface area contributed by atoms with Gasteiger partial charge in [-0.2, -0.15) is 0 Å². The maximum Gasteiger partial charge on any atom is 0.175 e. The van der Waals surface area contributed by atoms with Crippen LogP contribution in [0, 0.1) is 0 Å². The Morgan fingerprint density at radius 1 is 1.40 bits per heavy atom. The summed E-state index contributed by atoms with van der Waals surface area (Å²) in [6.07, 6.45) is -2.49. The summed E-state index contributed by atoms with van der Waals surface area (Å²) in [5.41, 5.74) is 5.76. The minimum absolute atomic E-state index is 0.319. The summed E-state index contributed by atoms with van der Waals surface area (Å²) in [4.78, 5) is 0. The molecule has 6 heteroatoms. The van der Waals surface area contributed by atoms with Gasteiger partial charge in [0, 0.05) is 7.11 Å². The summed E-state index contributed by atoms with van der Waals surface area (Å²) >= 11 is 0. The molecule has 6 nitrogen and oxygen atoms in total. The van der Waals surface area contributed by atoms with Crippen LogP contribution in [0.3, 0.4) is 0 Å². The van der Waals surface area contributed by atoms with Gasteiger partial charge >= 0.3 is 0 Å². The molecule has 0 saturated carbocycles. The summed E-state index contributed by atoms with van der Waals surface area (Å²) in [6, 6.07) is -0.596. The van der Waals surface area contributed by atoms with Crippen LogP contribution in [0.4, 0.5) is 0 Å². The molecule has 88 valence electrons. The van der Waals surface area contributed by atoms with Crippen molar-refractivity contribution in [2.75, 3.05) is 13.7 Å². The van der Waals surface area contributed by atoms with Crippen molar-refractivity contribution < 1.29 is 24.1 Å². The Balaban J connectivity index is 2.07. The van der Waals surface area contributed by atoms with Gasteiger partial charge in [0.1, 0.15) is 18.3 Å². The van der Waals surface area contributed by atoms with Crippen LogP contribution in [0.1, 0.15) is 6.92 Å². The number of aliphatic hydroxyl groups excluding tert-OH is 1. The lowest BCUT2D eigenvalue weighted by atomic mass is 9.97. The van der Waals surface area contributed by atoms with Gasteiger partial charge in [0.25, 0.3) is 0 Å². The summed E-state index contributed by atoms with van der Waals surface area (Å²) in [7, 11) is 1.49. The van der Waals surface area contributed by atoms with Crippen LogP contribution in [-0.4, -0.2) is 55.8 Å². The Morgan fingerprint density at radius 2 is 2.13 bits per heavy atom. The lowest BCUT2D eigenvalue weighted by Gasteiger charge is -2.45. The molecule has 3 N–H and O–H groups in total. The number of hydrogen-bond donors (Lipinski definition) is 2. The van der Waals surface area contributed by atoms with Crippen LogP contribution < -0.4 is 5.73 Å². The zero-order valence-corrected chi connectivity index (χ0v) is 8.83. The second kappa shape index (κ2) is 4.32. The Kier molecular flexibility index (Phi) is 3.24. The molecule has 2 aliphatic heterocycles. The lowest BCUT2D eigenvalue weighted by Crippen LogP contribution is -2.65. The van der Waals surface area contributed by atoms with Crippen molar-refractivity contribution in [3.05, 3.63) is 0 Å². The van der Waals surface area contributed by atoms with Crippen molar-refractivity contribution in [3.63, 3.8) is 0 Å². The van der Waals surface area contributed by atoms with E-state index in [1.807, 2.05) is 0 Å². The highest BCUT2D eigenvalue weighted by Gasteiger charge is 2.47. The van der Waals surface area contributed by atoms with E-state index in [9.17, 15) is 5.11 Å². The number of rotatable bonds is 1. The molecule has 0 amide bonds. The highest BCUT2D eigenvalue weighted by molar-refractivity contribution is 4.93. The van der Waals surface area contributed by atoms with Crippen LogP contribution in [0.5, 0.6) is 0 Å². The van der Waals surface area contributed by atoms with E-state index in [-0.39, 0.29) is 12.4 Å². The van der Waals surface area contributed by atoms with Crippen molar-refractivity contribution in [1.82, 2.24) is 0 Å². The van der Waals surface area contributed by atoms with Gasteiger partial charge in [0.05, 0.1) is 12.6 Å². The molecule has 0 bridgehead atoms. The fourth-order valence-corrected chi connectivity index (χ4v) is 1.95. The molecule has 0 spiro atoms. The summed E-state index contributed by atoms with van der Waals surface area (Å²) in [5, 5.41) is 9.93.